The number of benzene rings is 2. The van der Waals surface area contributed by atoms with E-state index in [1.165, 1.54) is 0 Å². The zero-order valence-corrected chi connectivity index (χ0v) is 19.5. The van der Waals surface area contributed by atoms with E-state index in [0.29, 0.717) is 31.9 Å². The molecule has 0 amide bonds. The number of aliphatic hydroxyl groups excluding tert-OH is 1. The van der Waals surface area contributed by atoms with Crippen LogP contribution in [0.5, 0.6) is 11.6 Å². The van der Waals surface area contributed by atoms with Gasteiger partial charge in [-0.15, -0.1) is 6.58 Å². The summed E-state index contributed by atoms with van der Waals surface area (Å²) in [6.07, 6.45) is 4.46. The van der Waals surface area contributed by atoms with Gasteiger partial charge in [-0.3, -0.25) is 4.90 Å². The number of hydrogen-bond acceptors (Lipinski definition) is 5. The van der Waals surface area contributed by atoms with Crippen LogP contribution in [0.25, 0.3) is 5.69 Å². The molecule has 1 atom stereocenters. The molecule has 0 aliphatic carbocycles. The first-order chi connectivity index (χ1) is 16.6. The van der Waals surface area contributed by atoms with E-state index < -0.39 is 6.10 Å². The molecule has 0 bridgehead atoms. The molecule has 0 aliphatic heterocycles. The first kappa shape index (κ1) is 23.5. The van der Waals surface area contributed by atoms with E-state index in [9.17, 15) is 5.11 Å². The SMILES string of the molecule is C=CCC[C@@H](O)CN(Cc1ccco1)Cc1c(C)nn(-c2ccccc2)c1Oc1ccccc1. The van der Waals surface area contributed by atoms with E-state index in [1.807, 2.05) is 90.5 Å². The lowest BCUT2D eigenvalue weighted by atomic mass is 10.1. The highest BCUT2D eigenvalue weighted by atomic mass is 16.5. The number of aromatic nitrogens is 2. The standard InChI is InChI=1S/C28H31N3O3/c1-3-4-14-24(32)19-30(20-26-17-11-18-33-26)21-27-22(2)29-31(23-12-7-5-8-13-23)28(27)34-25-15-9-6-10-16-25/h3,5-13,15-18,24,32H,1,4,14,19-21H2,2H3/t24-/m1/s1. The van der Waals surface area contributed by atoms with Crippen molar-refractivity contribution in [1.29, 1.82) is 0 Å². The van der Waals surface area contributed by atoms with Gasteiger partial charge in [0.1, 0.15) is 11.5 Å². The number of hydrogen-bond donors (Lipinski definition) is 1. The average molecular weight is 458 g/mol. The zero-order chi connectivity index (χ0) is 23.8. The van der Waals surface area contributed by atoms with Crippen molar-refractivity contribution in [2.24, 2.45) is 0 Å². The molecule has 2 heterocycles. The highest BCUT2D eigenvalue weighted by Crippen LogP contribution is 2.32. The van der Waals surface area contributed by atoms with Gasteiger partial charge in [0.05, 0.1) is 35.9 Å². The third-order valence-electron chi connectivity index (χ3n) is 5.61. The quantitative estimate of drug-likeness (QED) is 0.269. The fourth-order valence-electron chi connectivity index (χ4n) is 3.90. The minimum atomic E-state index is -0.476. The number of ether oxygens (including phenoxy) is 1. The van der Waals surface area contributed by atoms with Crippen molar-refractivity contribution in [3.05, 3.63) is 109 Å². The number of furan rings is 1. The van der Waals surface area contributed by atoms with Crippen LogP contribution in [0.15, 0.2) is 96.1 Å². The highest BCUT2D eigenvalue weighted by molar-refractivity contribution is 5.43. The number of nitrogens with zero attached hydrogens (tertiary/aromatic N) is 3. The fourth-order valence-corrected chi connectivity index (χ4v) is 3.90. The largest absolute Gasteiger partial charge is 0.468 e. The molecule has 2 aromatic carbocycles. The van der Waals surface area contributed by atoms with E-state index in [-0.39, 0.29) is 0 Å². The Labute approximate surface area is 200 Å². The summed E-state index contributed by atoms with van der Waals surface area (Å²) >= 11 is 0. The number of para-hydroxylation sites is 2. The molecule has 6 heteroatoms. The van der Waals surface area contributed by atoms with Crippen LogP contribution in [0.2, 0.25) is 0 Å². The topological polar surface area (TPSA) is 63.7 Å². The van der Waals surface area contributed by atoms with Gasteiger partial charge in [-0.05, 0) is 56.2 Å². The van der Waals surface area contributed by atoms with E-state index in [0.717, 1.165) is 34.9 Å². The Bertz CT molecular complexity index is 1150. The molecule has 6 nitrogen and oxygen atoms in total. The minimum absolute atomic E-state index is 0.476. The molecule has 0 fully saturated rings. The van der Waals surface area contributed by atoms with Crippen LogP contribution in [0.3, 0.4) is 0 Å². The number of aryl methyl sites for hydroxylation is 1. The van der Waals surface area contributed by atoms with Crippen molar-refractivity contribution in [2.75, 3.05) is 6.54 Å². The molecule has 0 aliphatic rings. The molecule has 176 valence electrons. The lowest BCUT2D eigenvalue weighted by molar-refractivity contribution is 0.0939. The lowest BCUT2D eigenvalue weighted by Gasteiger charge is -2.24. The van der Waals surface area contributed by atoms with Crippen molar-refractivity contribution in [3.8, 4) is 17.3 Å². The maximum atomic E-state index is 10.6. The smallest absolute Gasteiger partial charge is 0.227 e. The highest BCUT2D eigenvalue weighted by Gasteiger charge is 2.23. The van der Waals surface area contributed by atoms with Crippen LogP contribution in [0.4, 0.5) is 0 Å². The Morgan fingerprint density at radius 2 is 1.79 bits per heavy atom. The van der Waals surface area contributed by atoms with Crippen LogP contribution >= 0.6 is 0 Å². The van der Waals surface area contributed by atoms with Crippen LogP contribution in [0, 0.1) is 6.92 Å². The van der Waals surface area contributed by atoms with Crippen LogP contribution < -0.4 is 4.74 Å². The van der Waals surface area contributed by atoms with Gasteiger partial charge in [0, 0.05) is 13.1 Å². The second kappa shape index (κ2) is 11.5. The van der Waals surface area contributed by atoms with Gasteiger partial charge in [0.15, 0.2) is 0 Å². The molecular formula is C28H31N3O3. The molecule has 0 radical (unpaired) electrons. The Kier molecular flexibility index (Phi) is 7.96. The summed E-state index contributed by atoms with van der Waals surface area (Å²) in [5.41, 5.74) is 2.77. The molecule has 2 aromatic heterocycles. The van der Waals surface area contributed by atoms with Crippen molar-refractivity contribution in [2.45, 2.75) is 39.0 Å². The lowest BCUT2D eigenvalue weighted by Crippen LogP contribution is -2.32. The summed E-state index contributed by atoms with van der Waals surface area (Å²) < 4.78 is 13.8. The molecular weight excluding hydrogens is 426 g/mol. The Morgan fingerprint density at radius 1 is 1.06 bits per heavy atom. The van der Waals surface area contributed by atoms with Gasteiger partial charge >= 0.3 is 0 Å². The number of aliphatic hydroxyl groups is 1. The van der Waals surface area contributed by atoms with Gasteiger partial charge in [-0.2, -0.15) is 5.10 Å². The predicted molar refractivity (Wildman–Crippen MR) is 133 cm³/mol. The molecule has 1 N–H and O–H groups in total. The Morgan fingerprint density at radius 3 is 2.47 bits per heavy atom. The monoisotopic (exact) mass is 457 g/mol. The van der Waals surface area contributed by atoms with Gasteiger partial charge < -0.3 is 14.3 Å². The molecule has 34 heavy (non-hydrogen) atoms. The van der Waals surface area contributed by atoms with Gasteiger partial charge in [-0.25, -0.2) is 4.68 Å². The predicted octanol–water partition coefficient (Wildman–Crippen LogP) is 5.90. The molecule has 4 rings (SSSR count). The van der Waals surface area contributed by atoms with Crippen molar-refractivity contribution in [1.82, 2.24) is 14.7 Å². The summed E-state index contributed by atoms with van der Waals surface area (Å²) in [4.78, 5) is 2.17. The fraction of sp³-hybridized carbons (Fsp3) is 0.250. The normalized spacial score (nSPS) is 12.1. The minimum Gasteiger partial charge on any atom is -0.468 e. The molecule has 4 aromatic rings. The van der Waals surface area contributed by atoms with E-state index >= 15 is 0 Å². The maximum Gasteiger partial charge on any atom is 0.227 e. The van der Waals surface area contributed by atoms with Crippen LogP contribution in [0.1, 0.15) is 29.9 Å². The Balaban J connectivity index is 1.68. The van der Waals surface area contributed by atoms with Gasteiger partial charge in [0.2, 0.25) is 5.88 Å². The van der Waals surface area contributed by atoms with Gasteiger partial charge in [0.25, 0.3) is 0 Å². The summed E-state index contributed by atoms with van der Waals surface area (Å²) in [5.74, 6) is 2.25. The summed E-state index contributed by atoms with van der Waals surface area (Å²) in [6.45, 7) is 7.37. The van der Waals surface area contributed by atoms with Crippen molar-refractivity contribution >= 4 is 0 Å². The van der Waals surface area contributed by atoms with Crippen LogP contribution in [-0.4, -0.2) is 32.4 Å². The maximum absolute atomic E-state index is 10.6. The molecule has 0 spiro atoms. The van der Waals surface area contributed by atoms with E-state index in [2.05, 4.69) is 11.5 Å². The Hall–Kier alpha value is -3.61. The zero-order valence-electron chi connectivity index (χ0n) is 19.5. The molecule has 0 unspecified atom stereocenters. The average Bonchev–Trinajstić information content (AvgIpc) is 3.47. The van der Waals surface area contributed by atoms with Crippen molar-refractivity contribution in [3.63, 3.8) is 0 Å². The summed E-state index contributed by atoms with van der Waals surface area (Å²) in [5, 5.41) is 15.5. The summed E-state index contributed by atoms with van der Waals surface area (Å²) in [6, 6.07) is 23.5. The first-order valence-corrected chi connectivity index (χ1v) is 11.5. The van der Waals surface area contributed by atoms with Crippen molar-refractivity contribution < 1.29 is 14.3 Å². The molecule has 0 saturated carbocycles. The second-order valence-corrected chi connectivity index (χ2v) is 8.30. The van der Waals surface area contributed by atoms with E-state index in [1.54, 1.807) is 6.26 Å². The van der Waals surface area contributed by atoms with Crippen LogP contribution in [-0.2, 0) is 13.1 Å². The second-order valence-electron chi connectivity index (χ2n) is 8.30. The summed E-state index contributed by atoms with van der Waals surface area (Å²) in [7, 11) is 0. The molecule has 0 saturated heterocycles. The van der Waals surface area contributed by atoms with E-state index in [4.69, 9.17) is 14.3 Å². The first-order valence-electron chi connectivity index (χ1n) is 11.5. The third kappa shape index (κ3) is 6.04. The third-order valence-corrected chi connectivity index (χ3v) is 5.61. The number of rotatable bonds is 12. The van der Waals surface area contributed by atoms with Gasteiger partial charge in [-0.1, -0.05) is 42.5 Å². The number of allylic oxidation sites excluding steroid dienone is 1.